The normalized spacial score (nSPS) is 12.5. The molecule has 0 radical (unpaired) electrons. The van der Waals surface area contributed by atoms with E-state index in [-0.39, 0.29) is 18.5 Å². The first kappa shape index (κ1) is 84.6. The van der Waals surface area contributed by atoms with E-state index in [1.165, 1.54) is 385 Å². The minimum atomic E-state index is -0.660. The molecule has 0 saturated carbocycles. The fraction of sp³-hybridized carbons (Fsp3) is 0.950. The number of hydrogen-bond acceptors (Lipinski definition) is 5. The van der Waals surface area contributed by atoms with Crippen molar-refractivity contribution in [1.82, 2.24) is 5.32 Å². The summed E-state index contributed by atoms with van der Waals surface area (Å²) in [6, 6.07) is -0.537. The lowest BCUT2D eigenvalue weighted by Gasteiger charge is -2.22. The van der Waals surface area contributed by atoms with Gasteiger partial charge in [-0.05, 0) is 44.9 Å². The van der Waals surface area contributed by atoms with Gasteiger partial charge in [-0.25, -0.2) is 0 Å². The summed E-state index contributed by atoms with van der Waals surface area (Å²) in [4.78, 5) is 24.6. The summed E-state index contributed by atoms with van der Waals surface area (Å²) in [6.45, 7) is 4.97. The van der Waals surface area contributed by atoms with Gasteiger partial charge in [-0.2, -0.15) is 0 Å². The fourth-order valence-corrected chi connectivity index (χ4v) is 13.0. The number of ether oxygens (including phenoxy) is 1. The minimum Gasteiger partial charge on any atom is -0.466 e. The molecular weight excluding hydrogens is 1050 g/mol. The van der Waals surface area contributed by atoms with Crippen LogP contribution in [0.4, 0.5) is 0 Å². The van der Waals surface area contributed by atoms with E-state index in [0.717, 1.165) is 44.9 Å². The first-order chi connectivity index (χ1) is 42.5. The van der Waals surface area contributed by atoms with E-state index >= 15 is 0 Å². The van der Waals surface area contributed by atoms with Crippen molar-refractivity contribution in [2.75, 3.05) is 13.2 Å². The molecule has 1 amide bonds. The van der Waals surface area contributed by atoms with Crippen molar-refractivity contribution >= 4 is 11.9 Å². The van der Waals surface area contributed by atoms with E-state index in [0.29, 0.717) is 25.9 Å². The summed E-state index contributed by atoms with van der Waals surface area (Å²) in [7, 11) is 0. The molecule has 6 heteroatoms. The highest BCUT2D eigenvalue weighted by Crippen LogP contribution is 2.21. The molecule has 0 aliphatic rings. The second-order valence-corrected chi connectivity index (χ2v) is 27.8. The third kappa shape index (κ3) is 71.7. The van der Waals surface area contributed by atoms with Crippen LogP contribution in [-0.2, 0) is 14.3 Å². The zero-order valence-corrected chi connectivity index (χ0v) is 58.8. The highest BCUT2D eigenvalue weighted by Gasteiger charge is 2.20. The Morgan fingerprint density at radius 3 is 0.860 bits per heavy atom. The van der Waals surface area contributed by atoms with Gasteiger partial charge in [-0.1, -0.05) is 418 Å². The van der Waals surface area contributed by atoms with Crippen LogP contribution in [0.3, 0.4) is 0 Å². The van der Waals surface area contributed by atoms with E-state index in [2.05, 4.69) is 31.3 Å². The highest BCUT2D eigenvalue weighted by atomic mass is 16.5. The maximum Gasteiger partial charge on any atom is 0.305 e. The molecule has 0 aromatic carbocycles. The third-order valence-electron chi connectivity index (χ3n) is 19.1. The average Bonchev–Trinajstić information content (AvgIpc) is 3.59. The smallest absolute Gasteiger partial charge is 0.305 e. The number of amides is 1. The molecule has 0 aliphatic carbocycles. The second-order valence-electron chi connectivity index (χ2n) is 27.8. The predicted octanol–water partition coefficient (Wildman–Crippen LogP) is 26.3. The van der Waals surface area contributed by atoms with E-state index < -0.39 is 12.1 Å². The Hall–Kier alpha value is -1.40. The Balaban J connectivity index is 3.29. The van der Waals surface area contributed by atoms with Crippen molar-refractivity contribution < 1.29 is 24.5 Å². The first-order valence-corrected chi connectivity index (χ1v) is 39.9. The number of hydrogen-bond donors (Lipinski definition) is 3. The Kier molecular flexibility index (Phi) is 74.8. The third-order valence-corrected chi connectivity index (χ3v) is 19.1. The van der Waals surface area contributed by atoms with Crippen LogP contribution in [0.15, 0.2) is 12.2 Å². The number of rotatable bonds is 76. The zero-order chi connectivity index (χ0) is 62.0. The molecule has 86 heavy (non-hydrogen) atoms. The van der Waals surface area contributed by atoms with Crippen molar-refractivity contribution in [3.05, 3.63) is 12.2 Å². The van der Waals surface area contributed by atoms with Crippen LogP contribution in [0.5, 0.6) is 0 Å². The van der Waals surface area contributed by atoms with Crippen molar-refractivity contribution in [1.29, 1.82) is 0 Å². The number of allylic oxidation sites excluding steroid dienone is 2. The number of carbonyl (C=O) groups excluding carboxylic acids is 2. The van der Waals surface area contributed by atoms with E-state index in [1.807, 2.05) is 0 Å². The van der Waals surface area contributed by atoms with Gasteiger partial charge in [0.25, 0.3) is 0 Å². The van der Waals surface area contributed by atoms with Gasteiger partial charge in [0.1, 0.15) is 0 Å². The highest BCUT2D eigenvalue weighted by molar-refractivity contribution is 5.76. The number of nitrogens with one attached hydrogen (secondary N) is 1. The molecule has 512 valence electrons. The van der Waals surface area contributed by atoms with Gasteiger partial charge >= 0.3 is 5.97 Å². The summed E-state index contributed by atoms with van der Waals surface area (Å²) >= 11 is 0. The standard InChI is InChI=1S/C80H157NO5/c1-3-5-7-9-11-13-15-16-17-18-40-43-46-49-53-56-60-64-68-72-78(83)77(76-82)81-79(84)73-69-65-61-57-54-50-47-44-41-38-36-34-32-30-28-26-24-22-20-19-21-23-25-27-29-31-33-35-37-39-42-45-48-51-55-59-63-67-71-75-86-80(85)74-70-66-62-58-52-14-12-10-8-6-4-2/h10,12,77-78,82-83H,3-9,11,13-76H2,1-2H3,(H,81,84)/b12-10-. The average molecular weight is 1210 g/mol. The van der Waals surface area contributed by atoms with Crippen molar-refractivity contribution in [3.8, 4) is 0 Å². The Bertz CT molecular complexity index is 1300. The SMILES string of the molecule is CCCC/C=C\CCCCCCCC(=O)OCCCCCCCCCCCCCCCCCCCCCCCCCCCCCCCCCCCCCCCCCC(=O)NC(CO)C(O)CCCCCCCCCCCCCCCCCCCCC. The molecule has 2 unspecified atom stereocenters. The lowest BCUT2D eigenvalue weighted by atomic mass is 10.0. The maximum atomic E-state index is 12.6. The Labute approximate surface area is 539 Å². The molecule has 0 aromatic heterocycles. The Morgan fingerprint density at radius 2 is 0.558 bits per heavy atom. The predicted molar refractivity (Wildman–Crippen MR) is 380 cm³/mol. The molecular formula is C80H157NO5. The summed E-state index contributed by atoms with van der Waals surface area (Å²) in [5.41, 5.74) is 0. The van der Waals surface area contributed by atoms with E-state index in [1.54, 1.807) is 0 Å². The van der Waals surface area contributed by atoms with Gasteiger partial charge in [0.2, 0.25) is 5.91 Å². The molecule has 0 fully saturated rings. The number of aliphatic hydroxyl groups is 2. The second kappa shape index (κ2) is 76.1. The zero-order valence-electron chi connectivity index (χ0n) is 58.8. The molecule has 2 atom stereocenters. The van der Waals surface area contributed by atoms with E-state index in [9.17, 15) is 19.8 Å². The quantitative estimate of drug-likeness (QED) is 0.0320. The van der Waals surface area contributed by atoms with E-state index in [4.69, 9.17) is 4.74 Å². The molecule has 0 heterocycles. The monoisotopic (exact) mass is 1210 g/mol. The van der Waals surface area contributed by atoms with Gasteiger partial charge in [0.05, 0.1) is 25.4 Å². The largest absolute Gasteiger partial charge is 0.466 e. The van der Waals surface area contributed by atoms with Crippen molar-refractivity contribution in [3.63, 3.8) is 0 Å². The molecule has 0 spiro atoms. The molecule has 0 bridgehead atoms. The summed E-state index contributed by atoms with van der Waals surface area (Å²) in [6.07, 6.45) is 96.1. The van der Waals surface area contributed by atoms with Crippen LogP contribution in [-0.4, -0.2) is 47.4 Å². The van der Waals surface area contributed by atoms with Crippen LogP contribution in [0.1, 0.15) is 463 Å². The Morgan fingerprint density at radius 1 is 0.314 bits per heavy atom. The lowest BCUT2D eigenvalue weighted by molar-refractivity contribution is -0.143. The van der Waals surface area contributed by atoms with Crippen LogP contribution in [0.25, 0.3) is 0 Å². The molecule has 0 aromatic rings. The number of esters is 1. The van der Waals surface area contributed by atoms with Gasteiger partial charge in [0.15, 0.2) is 0 Å². The summed E-state index contributed by atoms with van der Waals surface area (Å²) < 4.78 is 5.48. The maximum absolute atomic E-state index is 12.6. The number of unbranched alkanes of at least 4 members (excludes halogenated alkanes) is 63. The van der Waals surface area contributed by atoms with Gasteiger partial charge < -0.3 is 20.3 Å². The van der Waals surface area contributed by atoms with Crippen molar-refractivity contribution in [2.45, 2.75) is 475 Å². The first-order valence-electron chi connectivity index (χ1n) is 39.9. The van der Waals surface area contributed by atoms with Gasteiger partial charge in [-0.15, -0.1) is 0 Å². The van der Waals surface area contributed by atoms with Crippen LogP contribution >= 0.6 is 0 Å². The van der Waals surface area contributed by atoms with Crippen LogP contribution in [0, 0.1) is 0 Å². The fourth-order valence-electron chi connectivity index (χ4n) is 13.0. The topological polar surface area (TPSA) is 95.9 Å². The summed E-state index contributed by atoms with van der Waals surface area (Å²) in [5, 5.41) is 23.4. The number of aliphatic hydroxyl groups excluding tert-OH is 2. The summed E-state index contributed by atoms with van der Waals surface area (Å²) in [5.74, 6) is -0.00974. The van der Waals surface area contributed by atoms with Crippen LogP contribution < -0.4 is 5.32 Å². The minimum absolute atomic E-state index is 0.0138. The molecule has 0 aliphatic heterocycles. The number of carbonyl (C=O) groups is 2. The molecule has 6 nitrogen and oxygen atoms in total. The lowest BCUT2D eigenvalue weighted by Crippen LogP contribution is -2.45. The van der Waals surface area contributed by atoms with Gasteiger partial charge in [-0.3, -0.25) is 9.59 Å². The van der Waals surface area contributed by atoms with Crippen molar-refractivity contribution in [2.24, 2.45) is 0 Å². The molecule has 0 rings (SSSR count). The van der Waals surface area contributed by atoms with Gasteiger partial charge in [0, 0.05) is 12.8 Å². The molecule has 3 N–H and O–H groups in total. The van der Waals surface area contributed by atoms with Crippen LogP contribution in [0.2, 0.25) is 0 Å². The molecule has 0 saturated heterocycles.